The molecule has 0 N–H and O–H groups in total. The van der Waals surface area contributed by atoms with Crippen molar-refractivity contribution in [1.82, 2.24) is 4.98 Å². The van der Waals surface area contributed by atoms with Gasteiger partial charge in [0.15, 0.2) is 0 Å². The maximum Gasteiger partial charge on any atom is 0.138 e. The Hall–Kier alpha value is -1.44. The van der Waals surface area contributed by atoms with Crippen LogP contribution in [0.25, 0.3) is 6.08 Å². The first kappa shape index (κ1) is 15.5. The number of rotatable bonds is 8. The van der Waals surface area contributed by atoms with Crippen LogP contribution < -0.4 is 0 Å². The van der Waals surface area contributed by atoms with Crippen LogP contribution in [0, 0.1) is 11.8 Å². The van der Waals surface area contributed by atoms with Crippen LogP contribution in [0.3, 0.4) is 0 Å². The number of Topliss-reactive ketones (excluding diaryl/α,β-unsaturated/α-hetero) is 1. The Bertz CT molecular complexity index is 540. The van der Waals surface area contributed by atoms with Gasteiger partial charge in [-0.05, 0) is 68.1 Å². The monoisotopic (exact) mass is 297 g/mol. The average molecular weight is 297 g/mol. The Labute approximate surface area is 134 Å². The normalized spacial score (nSPS) is 20.0. The molecule has 2 aliphatic carbocycles. The van der Waals surface area contributed by atoms with Crippen LogP contribution in [0.15, 0.2) is 24.5 Å². The zero-order valence-corrected chi connectivity index (χ0v) is 13.6. The molecule has 0 bridgehead atoms. The predicted octanol–water partition coefficient (Wildman–Crippen LogP) is 5.15. The number of pyridine rings is 1. The van der Waals surface area contributed by atoms with Gasteiger partial charge in [0.05, 0.1) is 0 Å². The highest BCUT2D eigenvalue weighted by atomic mass is 16.1. The number of allylic oxidation sites excluding steroid dienone is 1. The molecular formula is C20H27NO. The lowest BCUT2D eigenvalue weighted by atomic mass is 9.77. The molecule has 2 fully saturated rings. The minimum Gasteiger partial charge on any atom is -0.299 e. The van der Waals surface area contributed by atoms with Gasteiger partial charge in [-0.25, -0.2) is 0 Å². The minimum absolute atomic E-state index is 0.252. The zero-order valence-electron chi connectivity index (χ0n) is 13.6. The van der Waals surface area contributed by atoms with Gasteiger partial charge in [-0.2, -0.15) is 0 Å². The molecule has 1 heterocycles. The summed E-state index contributed by atoms with van der Waals surface area (Å²) in [6, 6.07) is 2.12. The van der Waals surface area contributed by atoms with E-state index in [0.717, 1.165) is 38.0 Å². The second-order valence-corrected chi connectivity index (χ2v) is 7.04. The SMILES string of the molecule is CC(CCC/C=C/c1ccncc1C1CC1)C(=O)C1CCC1. The number of hydrogen-bond acceptors (Lipinski definition) is 2. The first-order chi connectivity index (χ1) is 10.8. The topological polar surface area (TPSA) is 30.0 Å². The van der Waals surface area contributed by atoms with Gasteiger partial charge in [-0.1, -0.05) is 25.5 Å². The summed E-state index contributed by atoms with van der Waals surface area (Å²) in [6.45, 7) is 2.11. The summed E-state index contributed by atoms with van der Waals surface area (Å²) in [5.41, 5.74) is 2.74. The van der Waals surface area contributed by atoms with Gasteiger partial charge in [0.1, 0.15) is 5.78 Å². The van der Waals surface area contributed by atoms with Crippen LogP contribution in [-0.2, 0) is 4.79 Å². The standard InChI is InChI=1S/C20H27NO/c1-15(20(22)18-8-5-9-18)6-3-2-4-7-16-12-13-21-14-19(16)17-10-11-17/h4,7,12-15,17-18H,2-3,5-6,8-11H2,1H3/b7-4+. The number of hydrogen-bond donors (Lipinski definition) is 0. The van der Waals surface area contributed by atoms with E-state index in [-0.39, 0.29) is 5.92 Å². The molecule has 1 aromatic heterocycles. The van der Waals surface area contributed by atoms with Crippen LogP contribution in [-0.4, -0.2) is 10.8 Å². The molecule has 22 heavy (non-hydrogen) atoms. The first-order valence-electron chi connectivity index (χ1n) is 8.90. The van der Waals surface area contributed by atoms with Crippen molar-refractivity contribution in [1.29, 1.82) is 0 Å². The molecule has 1 atom stereocenters. The summed E-state index contributed by atoms with van der Waals surface area (Å²) in [5, 5.41) is 0. The van der Waals surface area contributed by atoms with Crippen molar-refractivity contribution in [3.8, 4) is 0 Å². The maximum absolute atomic E-state index is 12.1. The lowest BCUT2D eigenvalue weighted by molar-refractivity contribution is -0.128. The van der Waals surface area contributed by atoms with Crippen LogP contribution in [0.4, 0.5) is 0 Å². The summed E-state index contributed by atoms with van der Waals surface area (Å²) < 4.78 is 0. The number of unbranched alkanes of at least 4 members (excludes halogenated alkanes) is 1. The fourth-order valence-electron chi connectivity index (χ4n) is 3.29. The van der Waals surface area contributed by atoms with E-state index in [4.69, 9.17) is 0 Å². The molecular weight excluding hydrogens is 270 g/mol. The van der Waals surface area contributed by atoms with Gasteiger partial charge in [-0.3, -0.25) is 9.78 Å². The van der Waals surface area contributed by atoms with Crippen molar-refractivity contribution in [2.45, 2.75) is 64.2 Å². The predicted molar refractivity (Wildman–Crippen MR) is 90.6 cm³/mol. The van der Waals surface area contributed by atoms with Crippen LogP contribution >= 0.6 is 0 Å². The summed E-state index contributed by atoms with van der Waals surface area (Å²) in [6.07, 6.45) is 17.8. The van der Waals surface area contributed by atoms with Crippen molar-refractivity contribution < 1.29 is 4.79 Å². The quantitative estimate of drug-likeness (QED) is 0.621. The first-order valence-corrected chi connectivity index (χ1v) is 8.90. The number of aromatic nitrogens is 1. The molecule has 0 aromatic carbocycles. The molecule has 2 aliphatic rings. The third-order valence-electron chi connectivity index (χ3n) is 5.20. The van der Waals surface area contributed by atoms with E-state index in [2.05, 4.69) is 30.1 Å². The van der Waals surface area contributed by atoms with Crippen molar-refractivity contribution >= 4 is 11.9 Å². The van der Waals surface area contributed by atoms with E-state index < -0.39 is 0 Å². The summed E-state index contributed by atoms with van der Waals surface area (Å²) in [5.74, 6) is 1.90. The van der Waals surface area contributed by atoms with Crippen LogP contribution in [0.5, 0.6) is 0 Å². The molecule has 0 amide bonds. The Kier molecular flexibility index (Phi) is 5.07. The fourth-order valence-corrected chi connectivity index (χ4v) is 3.29. The molecule has 2 heteroatoms. The van der Waals surface area contributed by atoms with Gasteiger partial charge < -0.3 is 0 Å². The lowest BCUT2D eigenvalue weighted by Gasteiger charge is -2.26. The molecule has 2 nitrogen and oxygen atoms in total. The van der Waals surface area contributed by atoms with Gasteiger partial charge in [-0.15, -0.1) is 0 Å². The molecule has 3 rings (SSSR count). The maximum atomic E-state index is 12.1. The minimum atomic E-state index is 0.252. The smallest absolute Gasteiger partial charge is 0.138 e. The van der Waals surface area contributed by atoms with Gasteiger partial charge >= 0.3 is 0 Å². The molecule has 1 unspecified atom stereocenters. The number of carbonyl (C=O) groups is 1. The van der Waals surface area contributed by atoms with E-state index in [1.54, 1.807) is 0 Å². The summed E-state index contributed by atoms with van der Waals surface area (Å²) in [7, 11) is 0. The van der Waals surface area contributed by atoms with Crippen molar-refractivity contribution in [3.63, 3.8) is 0 Å². The molecule has 0 aliphatic heterocycles. The highest BCUT2D eigenvalue weighted by molar-refractivity contribution is 5.83. The van der Waals surface area contributed by atoms with Gasteiger partial charge in [0.2, 0.25) is 0 Å². The van der Waals surface area contributed by atoms with E-state index in [1.165, 1.54) is 30.4 Å². The number of nitrogens with zero attached hydrogens (tertiary/aromatic N) is 1. The summed E-state index contributed by atoms with van der Waals surface area (Å²) >= 11 is 0. The van der Waals surface area contributed by atoms with E-state index in [0.29, 0.717) is 11.7 Å². The van der Waals surface area contributed by atoms with Crippen molar-refractivity contribution in [2.24, 2.45) is 11.8 Å². The Morgan fingerprint density at radius 1 is 1.36 bits per heavy atom. The van der Waals surface area contributed by atoms with Crippen LogP contribution in [0.2, 0.25) is 0 Å². The fraction of sp³-hybridized carbons (Fsp3) is 0.600. The molecule has 0 radical (unpaired) electrons. The average Bonchev–Trinajstić information content (AvgIpc) is 3.30. The Balaban J connectivity index is 1.42. The molecule has 1 aromatic rings. The Morgan fingerprint density at radius 3 is 2.86 bits per heavy atom. The molecule has 2 saturated carbocycles. The van der Waals surface area contributed by atoms with Gasteiger partial charge in [0, 0.05) is 24.2 Å². The molecule has 118 valence electrons. The second-order valence-electron chi connectivity index (χ2n) is 7.04. The third kappa shape index (κ3) is 3.85. The zero-order chi connectivity index (χ0) is 15.4. The molecule has 0 saturated heterocycles. The number of ketones is 1. The van der Waals surface area contributed by atoms with Crippen molar-refractivity contribution in [3.05, 3.63) is 35.7 Å². The Morgan fingerprint density at radius 2 is 2.18 bits per heavy atom. The van der Waals surface area contributed by atoms with E-state index in [1.807, 2.05) is 12.4 Å². The lowest BCUT2D eigenvalue weighted by Crippen LogP contribution is -2.27. The summed E-state index contributed by atoms with van der Waals surface area (Å²) in [4.78, 5) is 16.4. The van der Waals surface area contributed by atoms with E-state index in [9.17, 15) is 4.79 Å². The highest BCUT2D eigenvalue weighted by Gasteiger charge is 2.28. The van der Waals surface area contributed by atoms with Gasteiger partial charge in [0.25, 0.3) is 0 Å². The van der Waals surface area contributed by atoms with Crippen LogP contribution in [0.1, 0.15) is 75.3 Å². The number of carbonyl (C=O) groups excluding carboxylic acids is 1. The third-order valence-corrected chi connectivity index (χ3v) is 5.20. The largest absolute Gasteiger partial charge is 0.299 e. The van der Waals surface area contributed by atoms with Crippen molar-refractivity contribution in [2.75, 3.05) is 0 Å². The second kappa shape index (κ2) is 7.21. The highest BCUT2D eigenvalue weighted by Crippen LogP contribution is 2.41. The molecule has 0 spiro atoms. The van der Waals surface area contributed by atoms with E-state index >= 15 is 0 Å².